The molecule has 1 fully saturated rings. The van der Waals surface area contributed by atoms with Crippen molar-refractivity contribution >= 4 is 34.3 Å². The summed E-state index contributed by atoms with van der Waals surface area (Å²) in [4.78, 5) is 20.0. The van der Waals surface area contributed by atoms with Gasteiger partial charge in [0.1, 0.15) is 5.82 Å². The molecule has 1 amide bonds. The van der Waals surface area contributed by atoms with Gasteiger partial charge in [-0.1, -0.05) is 0 Å². The molecule has 0 atom stereocenters. The van der Waals surface area contributed by atoms with Crippen LogP contribution in [0.5, 0.6) is 0 Å². The number of aryl methyl sites for hydroxylation is 1. The summed E-state index contributed by atoms with van der Waals surface area (Å²) >= 11 is 0. The van der Waals surface area contributed by atoms with Gasteiger partial charge in [0, 0.05) is 42.8 Å². The van der Waals surface area contributed by atoms with Crippen molar-refractivity contribution in [1.29, 1.82) is 0 Å². The van der Waals surface area contributed by atoms with Crippen LogP contribution >= 0.6 is 0 Å². The Balaban J connectivity index is 1.55. The lowest BCUT2D eigenvalue weighted by atomic mass is 10.2. The minimum absolute atomic E-state index is 0.272. The Kier molecular flexibility index (Phi) is 4.16. The highest BCUT2D eigenvalue weighted by Crippen LogP contribution is 2.42. The maximum Gasteiger partial charge on any atom is 0.229 e. The molecule has 26 heavy (non-hydrogen) atoms. The summed E-state index contributed by atoms with van der Waals surface area (Å²) in [5.41, 5.74) is 8.28. The molecule has 0 saturated heterocycles. The predicted octanol–water partition coefficient (Wildman–Crippen LogP) is 2.27. The van der Waals surface area contributed by atoms with Gasteiger partial charge in [0.15, 0.2) is 0 Å². The first-order chi connectivity index (χ1) is 12.6. The Morgan fingerprint density at radius 1 is 1.35 bits per heavy atom. The van der Waals surface area contributed by atoms with E-state index in [0.717, 1.165) is 40.8 Å². The molecule has 3 aromatic rings. The van der Waals surface area contributed by atoms with Crippen molar-refractivity contribution in [1.82, 2.24) is 19.7 Å². The summed E-state index contributed by atoms with van der Waals surface area (Å²) in [5.74, 6) is 1.46. The molecule has 1 aromatic carbocycles. The van der Waals surface area contributed by atoms with E-state index in [0.29, 0.717) is 18.4 Å². The number of nitrogens with two attached hydrogens (primary N) is 1. The maximum atomic E-state index is 11.0. The number of hydrogen-bond donors (Lipinski definition) is 3. The van der Waals surface area contributed by atoms with Crippen molar-refractivity contribution in [3.05, 3.63) is 36.2 Å². The number of aromatic nitrogens is 4. The fraction of sp³-hybridized carbons (Fsp3) is 0.333. The normalized spacial score (nSPS) is 13.7. The lowest BCUT2D eigenvalue weighted by Crippen LogP contribution is -2.17. The second kappa shape index (κ2) is 6.62. The standard InChI is InChI=1S/C18H21N7O/c1-25-15-5-4-13(8-12(15)9-22-25)23-18-21-10-14(11-2-3-11)17(24-18)20-7-6-16(19)26/h4-5,8-11H,2-3,6-7H2,1H3,(H2,19,26)(H2,20,21,23,24). The van der Waals surface area contributed by atoms with Gasteiger partial charge in [-0.25, -0.2) is 4.98 Å². The number of benzene rings is 1. The Labute approximate surface area is 150 Å². The van der Waals surface area contributed by atoms with E-state index in [2.05, 4.69) is 25.7 Å². The summed E-state index contributed by atoms with van der Waals surface area (Å²) < 4.78 is 1.83. The van der Waals surface area contributed by atoms with Gasteiger partial charge in [0.25, 0.3) is 0 Å². The van der Waals surface area contributed by atoms with Crippen LogP contribution in [0.2, 0.25) is 0 Å². The van der Waals surface area contributed by atoms with Crippen LogP contribution in [0.25, 0.3) is 10.9 Å². The third-order valence-electron chi connectivity index (χ3n) is 4.50. The molecule has 4 rings (SSSR count). The topological polar surface area (TPSA) is 111 Å². The molecule has 4 N–H and O–H groups in total. The van der Waals surface area contributed by atoms with Gasteiger partial charge in [-0.3, -0.25) is 9.48 Å². The number of anilines is 3. The third kappa shape index (κ3) is 3.44. The van der Waals surface area contributed by atoms with E-state index in [1.54, 1.807) is 0 Å². The quantitative estimate of drug-likeness (QED) is 0.602. The van der Waals surface area contributed by atoms with Gasteiger partial charge in [0.05, 0.1) is 11.7 Å². The lowest BCUT2D eigenvalue weighted by Gasteiger charge is -2.12. The summed E-state index contributed by atoms with van der Waals surface area (Å²) in [5, 5.41) is 11.8. The monoisotopic (exact) mass is 351 g/mol. The molecule has 1 aliphatic carbocycles. The van der Waals surface area contributed by atoms with E-state index >= 15 is 0 Å². The van der Waals surface area contributed by atoms with Crippen LogP contribution in [-0.4, -0.2) is 32.2 Å². The summed E-state index contributed by atoms with van der Waals surface area (Å²) in [6.45, 7) is 0.465. The first kappa shape index (κ1) is 16.3. The summed E-state index contributed by atoms with van der Waals surface area (Å²) in [6.07, 6.45) is 6.27. The summed E-state index contributed by atoms with van der Waals surface area (Å²) in [6, 6.07) is 6.00. The second-order valence-corrected chi connectivity index (χ2v) is 6.58. The molecule has 1 aliphatic rings. The number of nitrogens with zero attached hydrogens (tertiary/aromatic N) is 4. The van der Waals surface area contributed by atoms with E-state index in [4.69, 9.17) is 5.73 Å². The molecule has 0 radical (unpaired) electrons. The molecule has 2 aromatic heterocycles. The van der Waals surface area contributed by atoms with Crippen molar-refractivity contribution in [3.8, 4) is 0 Å². The first-order valence-electron chi connectivity index (χ1n) is 8.68. The molecule has 1 saturated carbocycles. The largest absolute Gasteiger partial charge is 0.370 e. The molecule has 0 aliphatic heterocycles. The van der Waals surface area contributed by atoms with Gasteiger partial charge in [-0.15, -0.1) is 0 Å². The van der Waals surface area contributed by atoms with Crippen molar-refractivity contribution in [2.45, 2.75) is 25.2 Å². The number of nitrogens with one attached hydrogen (secondary N) is 2. The number of carbonyl (C=O) groups is 1. The molecule has 8 nitrogen and oxygen atoms in total. The lowest BCUT2D eigenvalue weighted by molar-refractivity contribution is -0.117. The highest BCUT2D eigenvalue weighted by atomic mass is 16.1. The molecule has 0 spiro atoms. The molecule has 0 unspecified atom stereocenters. The third-order valence-corrected chi connectivity index (χ3v) is 4.50. The molecular formula is C18H21N7O. The predicted molar refractivity (Wildman–Crippen MR) is 100 cm³/mol. The van der Waals surface area contributed by atoms with Gasteiger partial charge in [-0.05, 0) is 37.0 Å². The molecule has 0 bridgehead atoms. The number of primary amides is 1. The van der Waals surface area contributed by atoms with Crippen LogP contribution in [-0.2, 0) is 11.8 Å². The number of rotatable bonds is 7. The van der Waals surface area contributed by atoms with Crippen LogP contribution in [0.15, 0.2) is 30.6 Å². The molecule has 8 heteroatoms. The average molecular weight is 351 g/mol. The maximum absolute atomic E-state index is 11.0. The van der Waals surface area contributed by atoms with Gasteiger partial charge >= 0.3 is 0 Å². The Morgan fingerprint density at radius 2 is 2.19 bits per heavy atom. The Morgan fingerprint density at radius 3 is 2.96 bits per heavy atom. The van der Waals surface area contributed by atoms with Crippen LogP contribution in [0.4, 0.5) is 17.5 Å². The number of fused-ring (bicyclic) bond motifs is 1. The van der Waals surface area contributed by atoms with Crippen molar-refractivity contribution < 1.29 is 4.79 Å². The SMILES string of the molecule is Cn1ncc2cc(Nc3ncc(C4CC4)c(NCCC(N)=O)n3)ccc21. The Hall–Kier alpha value is -3.16. The highest BCUT2D eigenvalue weighted by molar-refractivity contribution is 5.83. The van der Waals surface area contributed by atoms with E-state index in [1.165, 1.54) is 0 Å². The molecular weight excluding hydrogens is 330 g/mol. The van der Waals surface area contributed by atoms with Crippen molar-refractivity contribution in [3.63, 3.8) is 0 Å². The molecule has 134 valence electrons. The minimum atomic E-state index is -0.331. The number of hydrogen-bond acceptors (Lipinski definition) is 6. The fourth-order valence-electron chi connectivity index (χ4n) is 2.96. The van der Waals surface area contributed by atoms with Crippen LogP contribution in [0, 0.1) is 0 Å². The van der Waals surface area contributed by atoms with Crippen molar-refractivity contribution in [2.24, 2.45) is 12.8 Å². The molecule has 2 heterocycles. The van der Waals surface area contributed by atoms with E-state index in [1.807, 2.05) is 42.3 Å². The zero-order valence-electron chi connectivity index (χ0n) is 14.6. The van der Waals surface area contributed by atoms with E-state index in [-0.39, 0.29) is 12.3 Å². The van der Waals surface area contributed by atoms with Gasteiger partial charge in [0.2, 0.25) is 11.9 Å². The summed E-state index contributed by atoms with van der Waals surface area (Å²) in [7, 11) is 1.92. The zero-order valence-corrected chi connectivity index (χ0v) is 14.6. The number of carbonyl (C=O) groups excluding carboxylic acids is 1. The zero-order chi connectivity index (χ0) is 18.1. The van der Waals surface area contributed by atoms with Crippen LogP contribution in [0.1, 0.15) is 30.7 Å². The van der Waals surface area contributed by atoms with Crippen LogP contribution < -0.4 is 16.4 Å². The van der Waals surface area contributed by atoms with E-state index in [9.17, 15) is 4.79 Å². The van der Waals surface area contributed by atoms with Crippen LogP contribution in [0.3, 0.4) is 0 Å². The Bertz CT molecular complexity index is 961. The van der Waals surface area contributed by atoms with Gasteiger partial charge < -0.3 is 16.4 Å². The highest BCUT2D eigenvalue weighted by Gasteiger charge is 2.27. The minimum Gasteiger partial charge on any atom is -0.370 e. The van der Waals surface area contributed by atoms with E-state index < -0.39 is 0 Å². The first-order valence-corrected chi connectivity index (χ1v) is 8.68. The fourth-order valence-corrected chi connectivity index (χ4v) is 2.96. The van der Waals surface area contributed by atoms with Gasteiger partial charge in [-0.2, -0.15) is 10.1 Å². The smallest absolute Gasteiger partial charge is 0.229 e. The average Bonchev–Trinajstić information content (AvgIpc) is 3.39. The number of amides is 1. The van der Waals surface area contributed by atoms with Crippen molar-refractivity contribution in [2.75, 3.05) is 17.2 Å². The second-order valence-electron chi connectivity index (χ2n) is 6.58.